The Morgan fingerprint density at radius 3 is 2.26 bits per heavy atom. The first-order valence-electron chi connectivity index (χ1n) is 18.7. The maximum absolute atomic E-state index is 14.0. The number of carbonyl (C=O) groups is 2. The smallest absolute Gasteiger partial charge is 0.245 e. The Labute approximate surface area is 319 Å². The SMILES string of the molecule is COc1ccc2cc(S(=O)(=O)NC(CC(=O)NC(Cc3ccc(CN4[C@H](C)CCC[C@@H]4C)cc3)C(=O)N(C)C(C)C)c3ccc4c(c3)OCO4)ccc2c1. The molecule has 0 aromatic heterocycles. The average molecular weight is 757 g/mol. The minimum Gasteiger partial charge on any atom is -0.497 e. The molecule has 1 fully saturated rings. The first-order chi connectivity index (χ1) is 25.8. The number of rotatable bonds is 14. The minimum atomic E-state index is -4.13. The highest BCUT2D eigenvalue weighted by atomic mass is 32.2. The van der Waals surface area contributed by atoms with Gasteiger partial charge in [-0.15, -0.1) is 0 Å². The molecule has 2 amide bonds. The second kappa shape index (κ2) is 16.8. The molecule has 12 heteroatoms. The van der Waals surface area contributed by atoms with Crippen molar-refractivity contribution >= 4 is 32.6 Å². The van der Waals surface area contributed by atoms with Crippen molar-refractivity contribution in [3.8, 4) is 17.2 Å². The topological polar surface area (TPSA) is 127 Å². The van der Waals surface area contributed by atoms with Gasteiger partial charge in [-0.25, -0.2) is 13.1 Å². The summed E-state index contributed by atoms with van der Waals surface area (Å²) in [4.78, 5) is 32.0. The Balaban J connectivity index is 1.22. The molecule has 1 saturated heterocycles. The van der Waals surface area contributed by atoms with Gasteiger partial charge in [-0.3, -0.25) is 14.5 Å². The van der Waals surface area contributed by atoms with Crippen LogP contribution >= 0.6 is 0 Å². The predicted octanol–water partition coefficient (Wildman–Crippen LogP) is 6.34. The molecule has 0 saturated carbocycles. The monoisotopic (exact) mass is 756 g/mol. The molecule has 11 nitrogen and oxygen atoms in total. The Kier molecular flexibility index (Phi) is 12.1. The lowest BCUT2D eigenvalue weighted by molar-refractivity contribution is -0.136. The van der Waals surface area contributed by atoms with Crippen LogP contribution in [-0.2, 0) is 32.6 Å². The summed E-state index contributed by atoms with van der Waals surface area (Å²) in [5.41, 5.74) is 2.63. The van der Waals surface area contributed by atoms with E-state index in [9.17, 15) is 18.0 Å². The highest BCUT2D eigenvalue weighted by Crippen LogP contribution is 2.35. The van der Waals surface area contributed by atoms with E-state index >= 15 is 0 Å². The Hall–Kier alpha value is -4.65. The first kappa shape index (κ1) is 39.1. The quantitative estimate of drug-likeness (QED) is 0.153. The van der Waals surface area contributed by atoms with Gasteiger partial charge in [0.05, 0.1) is 18.0 Å². The van der Waals surface area contributed by atoms with Gasteiger partial charge in [0.25, 0.3) is 0 Å². The lowest BCUT2D eigenvalue weighted by Crippen LogP contribution is -2.50. The molecule has 0 aliphatic carbocycles. The molecule has 2 heterocycles. The van der Waals surface area contributed by atoms with E-state index in [2.05, 4.69) is 40.9 Å². The second-order valence-corrected chi connectivity index (χ2v) is 16.6. The van der Waals surface area contributed by atoms with Crippen molar-refractivity contribution < 1.29 is 32.2 Å². The second-order valence-electron chi connectivity index (χ2n) is 14.9. The summed E-state index contributed by atoms with van der Waals surface area (Å²) in [7, 11) is -0.830. The number of nitrogens with one attached hydrogen (secondary N) is 2. The van der Waals surface area contributed by atoms with Crippen LogP contribution in [0, 0.1) is 0 Å². The van der Waals surface area contributed by atoms with E-state index in [1.165, 1.54) is 30.9 Å². The third-order valence-corrected chi connectivity index (χ3v) is 12.2. The molecule has 0 radical (unpaired) electrons. The number of likely N-dealkylation sites (N-methyl/N-ethyl adjacent to an activating group) is 1. The summed E-state index contributed by atoms with van der Waals surface area (Å²) in [5.74, 6) is 0.937. The number of benzene rings is 4. The van der Waals surface area contributed by atoms with Gasteiger partial charge in [0.15, 0.2) is 11.5 Å². The van der Waals surface area contributed by atoms with Gasteiger partial charge >= 0.3 is 0 Å². The summed E-state index contributed by atoms with van der Waals surface area (Å²) in [6.07, 6.45) is 3.66. The molecule has 54 heavy (non-hydrogen) atoms. The van der Waals surface area contributed by atoms with E-state index in [1.54, 1.807) is 61.5 Å². The summed E-state index contributed by atoms with van der Waals surface area (Å²) in [6, 6.07) is 22.7. The highest BCUT2D eigenvalue weighted by Gasteiger charge is 2.30. The molecule has 2 aliphatic heterocycles. The van der Waals surface area contributed by atoms with Crippen LogP contribution < -0.4 is 24.2 Å². The molecular weight excluding hydrogens is 705 g/mol. The fourth-order valence-corrected chi connectivity index (χ4v) is 8.52. The number of sulfonamides is 1. The van der Waals surface area contributed by atoms with E-state index < -0.39 is 28.0 Å². The maximum atomic E-state index is 14.0. The minimum absolute atomic E-state index is 0.0438. The zero-order chi connectivity index (χ0) is 38.6. The first-order valence-corrected chi connectivity index (χ1v) is 20.2. The average Bonchev–Trinajstić information content (AvgIpc) is 3.63. The normalized spacial score (nSPS) is 18.4. The fraction of sp³-hybridized carbons (Fsp3) is 0.429. The van der Waals surface area contributed by atoms with E-state index in [4.69, 9.17) is 14.2 Å². The molecule has 4 aromatic rings. The van der Waals surface area contributed by atoms with E-state index in [0.717, 1.165) is 22.9 Å². The van der Waals surface area contributed by atoms with Gasteiger partial charge < -0.3 is 24.4 Å². The van der Waals surface area contributed by atoms with E-state index in [0.29, 0.717) is 34.9 Å². The number of hydrogen-bond donors (Lipinski definition) is 2. The molecule has 2 N–H and O–H groups in total. The number of carbonyl (C=O) groups excluding carboxylic acids is 2. The van der Waals surface area contributed by atoms with Crippen LogP contribution in [0.1, 0.15) is 76.1 Å². The number of amides is 2. The Bertz CT molecular complexity index is 2060. The van der Waals surface area contributed by atoms with Crippen LogP contribution in [0.3, 0.4) is 0 Å². The summed E-state index contributed by atoms with van der Waals surface area (Å²) in [5, 5.41) is 4.51. The van der Waals surface area contributed by atoms with Gasteiger partial charge in [0.2, 0.25) is 28.6 Å². The predicted molar refractivity (Wildman–Crippen MR) is 209 cm³/mol. The van der Waals surface area contributed by atoms with Crippen LogP contribution in [-0.4, -0.2) is 75.1 Å². The third kappa shape index (κ3) is 9.17. The van der Waals surface area contributed by atoms with Crippen molar-refractivity contribution in [2.45, 2.75) is 101 Å². The number of hydrogen-bond acceptors (Lipinski definition) is 8. The van der Waals surface area contributed by atoms with Gasteiger partial charge in [0.1, 0.15) is 11.8 Å². The molecule has 6 rings (SSSR count). The molecule has 0 spiro atoms. The molecule has 2 aliphatic rings. The van der Waals surface area contributed by atoms with Crippen molar-refractivity contribution in [1.82, 2.24) is 19.8 Å². The van der Waals surface area contributed by atoms with Crippen LogP contribution in [0.15, 0.2) is 83.8 Å². The summed E-state index contributed by atoms with van der Waals surface area (Å²) < 4.78 is 47.0. The number of methoxy groups -OCH3 is 1. The highest BCUT2D eigenvalue weighted by molar-refractivity contribution is 7.89. The molecule has 4 atom stereocenters. The van der Waals surface area contributed by atoms with E-state index in [1.807, 2.05) is 32.0 Å². The lowest BCUT2D eigenvalue weighted by Gasteiger charge is -2.39. The van der Waals surface area contributed by atoms with Gasteiger partial charge in [0, 0.05) is 44.6 Å². The van der Waals surface area contributed by atoms with Crippen molar-refractivity contribution in [2.24, 2.45) is 0 Å². The van der Waals surface area contributed by atoms with Crippen LogP contribution in [0.4, 0.5) is 0 Å². The molecule has 0 bridgehead atoms. The van der Waals surface area contributed by atoms with Crippen molar-refractivity contribution in [1.29, 1.82) is 0 Å². The number of nitrogens with zero attached hydrogens (tertiary/aromatic N) is 2. The van der Waals surface area contributed by atoms with Gasteiger partial charge in [-0.2, -0.15) is 0 Å². The number of fused-ring (bicyclic) bond motifs is 2. The van der Waals surface area contributed by atoms with E-state index in [-0.39, 0.29) is 36.5 Å². The summed E-state index contributed by atoms with van der Waals surface area (Å²) >= 11 is 0. The van der Waals surface area contributed by atoms with Crippen LogP contribution in [0.25, 0.3) is 10.8 Å². The summed E-state index contributed by atoms with van der Waals surface area (Å²) in [6.45, 7) is 9.32. The van der Waals surface area contributed by atoms with Crippen molar-refractivity contribution in [3.63, 3.8) is 0 Å². The fourth-order valence-electron chi connectivity index (χ4n) is 7.26. The zero-order valence-corrected chi connectivity index (χ0v) is 32.8. The molecule has 2 unspecified atom stereocenters. The molecule has 4 aromatic carbocycles. The van der Waals surface area contributed by atoms with Gasteiger partial charge in [-0.05, 0) is 104 Å². The van der Waals surface area contributed by atoms with Crippen molar-refractivity contribution in [3.05, 3.63) is 95.6 Å². The van der Waals surface area contributed by atoms with Crippen LogP contribution in [0.5, 0.6) is 17.2 Å². The Morgan fingerprint density at radius 1 is 0.889 bits per heavy atom. The zero-order valence-electron chi connectivity index (χ0n) is 32.0. The largest absolute Gasteiger partial charge is 0.497 e. The standard InChI is InChI=1S/C42H52N4O7S/c1-27(2)45(5)42(48)38(20-30-10-12-31(13-11-30)25-46-28(3)8-7-9-29(46)4)43-41(47)24-37(34-16-19-39-40(23-34)53-26-52-39)44-54(49,50)36-18-15-32-21-35(51-6)17-14-33(32)22-36/h10-19,21-23,27-29,37-38,44H,7-9,20,24-26H2,1-6H3,(H,43,47)/t28-,29+,37?,38?. The van der Waals surface area contributed by atoms with Gasteiger partial charge in [-0.1, -0.05) is 48.9 Å². The number of piperidine rings is 1. The lowest BCUT2D eigenvalue weighted by atomic mass is 9.96. The maximum Gasteiger partial charge on any atom is 0.245 e. The van der Waals surface area contributed by atoms with Crippen LogP contribution in [0.2, 0.25) is 0 Å². The molecule has 288 valence electrons. The van der Waals surface area contributed by atoms with Crippen molar-refractivity contribution in [2.75, 3.05) is 21.0 Å². The number of ether oxygens (including phenoxy) is 3. The number of likely N-dealkylation sites (tertiary alicyclic amines) is 1. The Morgan fingerprint density at radius 2 is 1.56 bits per heavy atom. The molecular formula is C42H52N4O7S. The third-order valence-electron chi connectivity index (χ3n) is 10.8.